The van der Waals surface area contributed by atoms with Gasteiger partial charge < -0.3 is 10.1 Å². The van der Waals surface area contributed by atoms with E-state index in [1.165, 1.54) is 4.90 Å². The molecule has 1 saturated heterocycles. The van der Waals surface area contributed by atoms with E-state index in [2.05, 4.69) is 15.5 Å². The number of thiophene rings is 1. The number of nitrogens with zero attached hydrogens (tertiary/aromatic N) is 2. The molecule has 0 saturated carbocycles. The van der Waals surface area contributed by atoms with E-state index >= 15 is 0 Å². The average molecular weight is 362 g/mol. The largest absolute Gasteiger partial charge is 0.378 e. The normalized spacial score (nSPS) is 14.3. The molecule has 132 valence electrons. The number of aromatic nitrogens is 2. The molecule has 1 fully saturated rings. The summed E-state index contributed by atoms with van der Waals surface area (Å²) < 4.78 is 5.36. The zero-order valence-electron chi connectivity index (χ0n) is 13.5. The van der Waals surface area contributed by atoms with Gasteiger partial charge in [0.25, 0.3) is 5.91 Å². The number of imide groups is 1. The van der Waals surface area contributed by atoms with E-state index in [9.17, 15) is 14.4 Å². The first kappa shape index (κ1) is 17.3. The molecule has 2 aromatic rings. The molecule has 0 unspecified atom stereocenters. The van der Waals surface area contributed by atoms with Crippen molar-refractivity contribution >= 4 is 29.1 Å². The van der Waals surface area contributed by atoms with E-state index in [0.717, 1.165) is 10.6 Å². The van der Waals surface area contributed by atoms with Crippen LogP contribution in [-0.4, -0.2) is 59.1 Å². The smallest absolute Gasteiger partial charge is 0.271 e. The quantitative estimate of drug-likeness (QED) is 0.539. The highest BCUT2D eigenvalue weighted by Crippen LogP contribution is 2.22. The summed E-state index contributed by atoms with van der Waals surface area (Å²) in [6.07, 6.45) is 0.567. The number of hydrogen-bond acceptors (Lipinski definition) is 6. The summed E-state index contributed by atoms with van der Waals surface area (Å²) in [4.78, 5) is 37.1. The molecule has 0 bridgehead atoms. The zero-order valence-corrected chi connectivity index (χ0v) is 14.3. The molecule has 2 aromatic heterocycles. The summed E-state index contributed by atoms with van der Waals surface area (Å²) in [5.41, 5.74) is 1.12. The Bertz CT molecular complexity index is 740. The first-order valence-electron chi connectivity index (χ1n) is 7.93. The number of amides is 3. The van der Waals surface area contributed by atoms with Crippen LogP contribution in [0.2, 0.25) is 0 Å². The average Bonchev–Trinajstić information content (AvgIpc) is 3.33. The molecule has 1 aliphatic heterocycles. The topological polar surface area (TPSA) is 104 Å². The van der Waals surface area contributed by atoms with Crippen LogP contribution >= 0.6 is 11.3 Å². The van der Waals surface area contributed by atoms with Crippen LogP contribution in [0, 0.1) is 0 Å². The third-order valence-corrected chi connectivity index (χ3v) is 4.65. The van der Waals surface area contributed by atoms with Gasteiger partial charge in [0.15, 0.2) is 5.69 Å². The Labute approximate surface area is 148 Å². The van der Waals surface area contributed by atoms with Gasteiger partial charge in [-0.25, -0.2) is 0 Å². The van der Waals surface area contributed by atoms with Crippen molar-refractivity contribution in [3.8, 4) is 10.6 Å². The minimum atomic E-state index is -0.285. The van der Waals surface area contributed by atoms with Crippen molar-refractivity contribution in [1.29, 1.82) is 0 Å². The molecule has 2 N–H and O–H groups in total. The van der Waals surface area contributed by atoms with Crippen LogP contribution in [0.5, 0.6) is 0 Å². The molecule has 3 rings (SSSR count). The maximum atomic E-state index is 12.0. The second-order valence-corrected chi connectivity index (χ2v) is 6.40. The number of rotatable bonds is 8. The first-order chi connectivity index (χ1) is 12.1. The molecule has 3 heterocycles. The molecule has 0 aliphatic carbocycles. The Kier molecular flexibility index (Phi) is 5.56. The molecule has 8 nitrogen and oxygen atoms in total. The standard InChI is InChI=1S/C16H18N4O4S/c21-14-3-4-15(22)20(14)6-8-24-7-5-17-16(23)12-10-11(18-19-12)13-2-1-9-25-13/h1-2,9-10H,3-8H2,(H,17,23)(H,18,19). The van der Waals surface area contributed by atoms with Crippen LogP contribution in [0.3, 0.4) is 0 Å². The molecule has 0 atom stereocenters. The Morgan fingerprint density at radius 3 is 2.84 bits per heavy atom. The molecule has 0 aromatic carbocycles. The van der Waals surface area contributed by atoms with Crippen molar-refractivity contribution in [1.82, 2.24) is 20.4 Å². The number of likely N-dealkylation sites (tertiary alicyclic amines) is 1. The van der Waals surface area contributed by atoms with E-state index in [0.29, 0.717) is 18.8 Å². The molecule has 3 amide bonds. The molecule has 1 aliphatic rings. The molecule has 25 heavy (non-hydrogen) atoms. The number of carbonyl (C=O) groups is 3. The number of H-pyrrole nitrogens is 1. The summed E-state index contributed by atoms with van der Waals surface area (Å²) in [5, 5.41) is 11.5. The fraction of sp³-hybridized carbons (Fsp3) is 0.375. The third kappa shape index (κ3) is 4.31. The van der Waals surface area contributed by atoms with Gasteiger partial charge in [0, 0.05) is 19.4 Å². The van der Waals surface area contributed by atoms with Crippen LogP contribution < -0.4 is 5.32 Å². The lowest BCUT2D eigenvalue weighted by Gasteiger charge is -2.13. The SMILES string of the molecule is O=C(NCCOCCN1C(=O)CCC1=O)c1cc(-c2cccs2)[nH]n1. The zero-order chi connectivity index (χ0) is 17.6. The van der Waals surface area contributed by atoms with Crippen molar-refractivity contribution in [2.45, 2.75) is 12.8 Å². The summed E-state index contributed by atoms with van der Waals surface area (Å²) >= 11 is 1.56. The lowest BCUT2D eigenvalue weighted by atomic mass is 10.3. The highest BCUT2D eigenvalue weighted by atomic mass is 32.1. The lowest BCUT2D eigenvalue weighted by Crippen LogP contribution is -2.33. The predicted molar refractivity (Wildman–Crippen MR) is 91.0 cm³/mol. The number of ether oxygens (including phenoxy) is 1. The van der Waals surface area contributed by atoms with Gasteiger partial charge >= 0.3 is 0 Å². The van der Waals surface area contributed by atoms with E-state index in [1.807, 2.05) is 17.5 Å². The van der Waals surface area contributed by atoms with Crippen LogP contribution in [0.1, 0.15) is 23.3 Å². The second kappa shape index (κ2) is 8.04. The fourth-order valence-corrected chi connectivity index (χ4v) is 3.15. The number of carbonyl (C=O) groups excluding carboxylic acids is 3. The fourth-order valence-electron chi connectivity index (χ4n) is 2.45. The van der Waals surface area contributed by atoms with Crippen LogP contribution in [0.4, 0.5) is 0 Å². The molecule has 0 radical (unpaired) electrons. The van der Waals surface area contributed by atoms with Crippen LogP contribution in [-0.2, 0) is 14.3 Å². The van der Waals surface area contributed by atoms with Crippen molar-refractivity contribution < 1.29 is 19.1 Å². The maximum absolute atomic E-state index is 12.0. The van der Waals surface area contributed by atoms with Gasteiger partial charge in [-0.2, -0.15) is 5.10 Å². The molecular weight excluding hydrogens is 344 g/mol. The van der Waals surface area contributed by atoms with Crippen molar-refractivity contribution in [2.24, 2.45) is 0 Å². The van der Waals surface area contributed by atoms with Gasteiger partial charge in [-0.3, -0.25) is 24.4 Å². The van der Waals surface area contributed by atoms with Gasteiger partial charge in [0.1, 0.15) is 0 Å². The van der Waals surface area contributed by atoms with Crippen LogP contribution in [0.25, 0.3) is 10.6 Å². The minimum Gasteiger partial charge on any atom is -0.378 e. The number of aromatic amines is 1. The van der Waals surface area contributed by atoms with E-state index in [4.69, 9.17) is 4.74 Å². The number of nitrogens with one attached hydrogen (secondary N) is 2. The van der Waals surface area contributed by atoms with Gasteiger partial charge in [-0.05, 0) is 17.5 Å². The van der Waals surface area contributed by atoms with Crippen molar-refractivity contribution in [2.75, 3.05) is 26.3 Å². The Morgan fingerprint density at radius 1 is 1.32 bits per heavy atom. The van der Waals surface area contributed by atoms with Crippen molar-refractivity contribution in [3.05, 3.63) is 29.3 Å². The van der Waals surface area contributed by atoms with E-state index in [1.54, 1.807) is 17.4 Å². The highest BCUT2D eigenvalue weighted by molar-refractivity contribution is 7.13. The molecule has 9 heteroatoms. The van der Waals surface area contributed by atoms with E-state index in [-0.39, 0.29) is 43.7 Å². The minimum absolute atomic E-state index is 0.151. The summed E-state index contributed by atoms with van der Waals surface area (Å²) in [6, 6.07) is 5.58. The van der Waals surface area contributed by atoms with Gasteiger partial charge in [0.2, 0.25) is 11.8 Å². The van der Waals surface area contributed by atoms with Gasteiger partial charge in [0.05, 0.1) is 30.3 Å². The van der Waals surface area contributed by atoms with E-state index < -0.39 is 0 Å². The summed E-state index contributed by atoms with van der Waals surface area (Å²) in [6.45, 7) is 1.14. The molecule has 0 spiro atoms. The van der Waals surface area contributed by atoms with Crippen molar-refractivity contribution in [3.63, 3.8) is 0 Å². The summed E-state index contributed by atoms with van der Waals surface area (Å²) in [5.74, 6) is -0.587. The maximum Gasteiger partial charge on any atom is 0.271 e. The predicted octanol–water partition coefficient (Wildman–Crippen LogP) is 1.03. The lowest BCUT2D eigenvalue weighted by molar-refractivity contribution is -0.139. The second-order valence-electron chi connectivity index (χ2n) is 5.45. The van der Waals surface area contributed by atoms with Gasteiger partial charge in [-0.1, -0.05) is 6.07 Å². The van der Waals surface area contributed by atoms with Gasteiger partial charge in [-0.15, -0.1) is 11.3 Å². The number of hydrogen-bond donors (Lipinski definition) is 2. The highest BCUT2D eigenvalue weighted by Gasteiger charge is 2.28. The monoisotopic (exact) mass is 362 g/mol. The first-order valence-corrected chi connectivity index (χ1v) is 8.81. The Morgan fingerprint density at radius 2 is 2.12 bits per heavy atom. The molecular formula is C16H18N4O4S. The Hall–Kier alpha value is -2.52. The Balaban J connectivity index is 1.34. The van der Waals surface area contributed by atoms with Crippen LogP contribution in [0.15, 0.2) is 23.6 Å². The summed E-state index contributed by atoms with van der Waals surface area (Å²) in [7, 11) is 0. The third-order valence-electron chi connectivity index (χ3n) is 3.74.